The van der Waals surface area contributed by atoms with E-state index in [1.54, 1.807) is 12.1 Å². The monoisotopic (exact) mass is 415 g/mol. The molecule has 2 aliphatic heterocycles. The van der Waals surface area contributed by atoms with Gasteiger partial charge in [-0.3, -0.25) is 14.9 Å². The lowest BCUT2D eigenvalue weighted by molar-refractivity contribution is 0.209. The molecule has 158 valence electrons. The summed E-state index contributed by atoms with van der Waals surface area (Å²) < 4.78 is 14.4. The van der Waals surface area contributed by atoms with Crippen LogP contribution in [0.2, 0.25) is 0 Å². The van der Waals surface area contributed by atoms with Gasteiger partial charge >= 0.3 is 0 Å². The van der Waals surface area contributed by atoms with E-state index in [9.17, 15) is 4.39 Å². The Kier molecular flexibility index (Phi) is 5.24. The van der Waals surface area contributed by atoms with Crippen molar-refractivity contribution < 1.29 is 4.39 Å². The zero-order chi connectivity index (χ0) is 21.4. The second-order valence-corrected chi connectivity index (χ2v) is 8.33. The SMILES string of the molecule is CC(C)N1CCN(c2cnc3ccc(C4=CCN=C4c4ccccc4F)nc3c2)CC1. The lowest BCUT2D eigenvalue weighted by Gasteiger charge is -2.38. The second kappa shape index (κ2) is 8.19. The van der Waals surface area contributed by atoms with Gasteiger partial charge in [-0.15, -0.1) is 0 Å². The van der Waals surface area contributed by atoms with E-state index in [4.69, 9.17) is 4.98 Å². The van der Waals surface area contributed by atoms with Crippen molar-refractivity contribution in [2.75, 3.05) is 37.6 Å². The van der Waals surface area contributed by atoms with Crippen LogP contribution in [0.25, 0.3) is 16.6 Å². The summed E-state index contributed by atoms with van der Waals surface area (Å²) in [5, 5.41) is 0. The minimum atomic E-state index is -0.265. The number of hydrogen-bond donors (Lipinski definition) is 0. The number of halogens is 1. The van der Waals surface area contributed by atoms with Crippen molar-refractivity contribution in [1.29, 1.82) is 0 Å². The summed E-state index contributed by atoms with van der Waals surface area (Å²) in [4.78, 5) is 18.9. The van der Waals surface area contributed by atoms with Gasteiger partial charge in [-0.2, -0.15) is 0 Å². The molecule has 31 heavy (non-hydrogen) atoms. The van der Waals surface area contributed by atoms with Crippen LogP contribution in [0.5, 0.6) is 0 Å². The Morgan fingerprint density at radius 3 is 2.55 bits per heavy atom. The van der Waals surface area contributed by atoms with Gasteiger partial charge in [-0.25, -0.2) is 9.37 Å². The quantitative estimate of drug-likeness (QED) is 0.641. The molecular weight excluding hydrogens is 389 g/mol. The molecule has 0 spiro atoms. The highest BCUT2D eigenvalue weighted by molar-refractivity contribution is 6.32. The Morgan fingerprint density at radius 2 is 1.77 bits per heavy atom. The van der Waals surface area contributed by atoms with Crippen LogP contribution in [0.4, 0.5) is 10.1 Å². The van der Waals surface area contributed by atoms with Gasteiger partial charge in [0.2, 0.25) is 0 Å². The van der Waals surface area contributed by atoms with Crippen molar-refractivity contribution in [2.24, 2.45) is 4.99 Å². The van der Waals surface area contributed by atoms with E-state index in [1.165, 1.54) is 6.07 Å². The summed E-state index contributed by atoms with van der Waals surface area (Å²) in [7, 11) is 0. The third kappa shape index (κ3) is 3.83. The first-order chi connectivity index (χ1) is 15.1. The van der Waals surface area contributed by atoms with Crippen molar-refractivity contribution in [1.82, 2.24) is 14.9 Å². The number of nitrogens with zero attached hydrogens (tertiary/aromatic N) is 5. The minimum absolute atomic E-state index is 0.265. The molecule has 6 heteroatoms. The molecule has 3 aromatic rings. The topological polar surface area (TPSA) is 44.6 Å². The summed E-state index contributed by atoms with van der Waals surface area (Å²) in [5.41, 5.74) is 5.67. The van der Waals surface area contributed by atoms with E-state index in [0.717, 1.165) is 54.2 Å². The van der Waals surface area contributed by atoms with Crippen LogP contribution < -0.4 is 4.90 Å². The van der Waals surface area contributed by atoms with Crippen molar-refractivity contribution in [3.05, 3.63) is 71.8 Å². The average molecular weight is 416 g/mol. The normalized spacial score (nSPS) is 17.4. The number of pyridine rings is 2. The maximum Gasteiger partial charge on any atom is 0.132 e. The molecule has 1 saturated heterocycles. The van der Waals surface area contributed by atoms with Crippen molar-refractivity contribution in [3.63, 3.8) is 0 Å². The summed E-state index contributed by atoms with van der Waals surface area (Å²) in [6.07, 6.45) is 3.95. The number of rotatable bonds is 4. The third-order valence-electron chi connectivity index (χ3n) is 6.14. The Bertz CT molecular complexity index is 1180. The Hall–Kier alpha value is -3.12. The molecule has 0 saturated carbocycles. The van der Waals surface area contributed by atoms with Gasteiger partial charge in [0.05, 0.1) is 40.9 Å². The van der Waals surface area contributed by atoms with E-state index in [2.05, 4.69) is 39.7 Å². The number of aliphatic imine (C=N–C) groups is 1. The highest BCUT2D eigenvalue weighted by Gasteiger charge is 2.22. The number of hydrogen-bond acceptors (Lipinski definition) is 5. The van der Waals surface area contributed by atoms with Gasteiger partial charge in [0.25, 0.3) is 0 Å². The highest BCUT2D eigenvalue weighted by Crippen LogP contribution is 2.27. The molecule has 0 unspecified atom stereocenters. The summed E-state index contributed by atoms with van der Waals surface area (Å²) in [6, 6.07) is 13.4. The maximum atomic E-state index is 14.4. The Labute approximate surface area is 182 Å². The first-order valence-electron chi connectivity index (χ1n) is 10.9. The van der Waals surface area contributed by atoms with Crippen LogP contribution in [-0.2, 0) is 0 Å². The van der Waals surface area contributed by atoms with Crippen LogP contribution in [-0.4, -0.2) is 59.3 Å². The Balaban J connectivity index is 1.44. The second-order valence-electron chi connectivity index (χ2n) is 8.33. The van der Waals surface area contributed by atoms with Crippen molar-refractivity contribution in [2.45, 2.75) is 19.9 Å². The molecule has 0 aliphatic carbocycles. The van der Waals surface area contributed by atoms with Crippen molar-refractivity contribution >= 4 is 28.0 Å². The number of fused-ring (bicyclic) bond motifs is 1. The lowest BCUT2D eigenvalue weighted by Crippen LogP contribution is -2.48. The van der Waals surface area contributed by atoms with Gasteiger partial charge in [0.15, 0.2) is 0 Å². The summed E-state index contributed by atoms with van der Waals surface area (Å²) >= 11 is 0. The van der Waals surface area contributed by atoms with E-state index in [-0.39, 0.29) is 5.82 Å². The van der Waals surface area contributed by atoms with Crippen LogP contribution in [0.15, 0.2) is 59.7 Å². The van der Waals surface area contributed by atoms with Gasteiger partial charge in [-0.05, 0) is 44.2 Å². The van der Waals surface area contributed by atoms with E-state index >= 15 is 0 Å². The molecule has 4 heterocycles. The smallest absolute Gasteiger partial charge is 0.132 e. The van der Waals surface area contributed by atoms with Crippen molar-refractivity contribution in [3.8, 4) is 0 Å². The molecular formula is C25H26FN5. The zero-order valence-corrected chi connectivity index (χ0v) is 17.9. The largest absolute Gasteiger partial charge is 0.368 e. The van der Waals surface area contributed by atoms with Gasteiger partial charge < -0.3 is 4.90 Å². The fourth-order valence-electron chi connectivity index (χ4n) is 4.33. The Morgan fingerprint density at radius 1 is 0.968 bits per heavy atom. The number of aromatic nitrogens is 2. The van der Waals surface area contributed by atoms with Crippen LogP contribution in [0.1, 0.15) is 25.1 Å². The lowest BCUT2D eigenvalue weighted by atomic mass is 10.00. The molecule has 0 N–H and O–H groups in total. The van der Waals surface area contributed by atoms with Gasteiger partial charge in [-0.1, -0.05) is 18.2 Å². The summed E-state index contributed by atoms with van der Waals surface area (Å²) in [6.45, 7) is 9.11. The fourth-order valence-corrected chi connectivity index (χ4v) is 4.33. The fraction of sp³-hybridized carbons (Fsp3) is 0.320. The molecule has 0 amide bonds. The molecule has 0 radical (unpaired) electrons. The first kappa shape index (κ1) is 19.8. The molecule has 1 aromatic carbocycles. The van der Waals surface area contributed by atoms with Crippen LogP contribution in [0.3, 0.4) is 0 Å². The molecule has 1 fully saturated rings. The predicted octanol–water partition coefficient (Wildman–Crippen LogP) is 4.19. The number of benzene rings is 1. The minimum Gasteiger partial charge on any atom is -0.368 e. The third-order valence-corrected chi connectivity index (χ3v) is 6.14. The van der Waals surface area contributed by atoms with Gasteiger partial charge in [0.1, 0.15) is 5.82 Å². The first-order valence-corrected chi connectivity index (χ1v) is 10.9. The predicted molar refractivity (Wildman–Crippen MR) is 124 cm³/mol. The molecule has 5 rings (SSSR count). The highest BCUT2D eigenvalue weighted by atomic mass is 19.1. The zero-order valence-electron chi connectivity index (χ0n) is 17.9. The molecule has 2 aromatic heterocycles. The molecule has 0 atom stereocenters. The molecule has 2 aliphatic rings. The number of anilines is 1. The average Bonchev–Trinajstić information content (AvgIpc) is 3.28. The standard InChI is InChI=1S/C25H26FN5/c1-17(2)30-11-13-31(14-12-30)18-15-24-23(28-16-18)8-7-22(29-24)20-9-10-27-25(20)19-5-3-4-6-21(19)26/h3-9,15-17H,10-14H2,1-2H3. The number of piperazine rings is 1. The van der Waals surface area contributed by atoms with E-state index in [1.807, 2.05) is 30.5 Å². The maximum absolute atomic E-state index is 14.4. The van der Waals surface area contributed by atoms with Crippen LogP contribution in [0, 0.1) is 5.82 Å². The van der Waals surface area contributed by atoms with E-state index < -0.39 is 0 Å². The van der Waals surface area contributed by atoms with E-state index in [0.29, 0.717) is 23.9 Å². The van der Waals surface area contributed by atoms with Gasteiger partial charge in [0, 0.05) is 43.4 Å². The molecule has 5 nitrogen and oxygen atoms in total. The van der Waals surface area contributed by atoms with Crippen LogP contribution >= 0.6 is 0 Å². The molecule has 0 bridgehead atoms. The number of allylic oxidation sites excluding steroid dienone is 1. The summed E-state index contributed by atoms with van der Waals surface area (Å²) in [5.74, 6) is -0.265.